The van der Waals surface area contributed by atoms with E-state index in [1.54, 1.807) is 13.0 Å². The molecule has 0 saturated carbocycles. The van der Waals surface area contributed by atoms with Crippen LogP contribution in [-0.2, 0) is 0 Å². The van der Waals surface area contributed by atoms with E-state index in [1.165, 1.54) is 19.1 Å². The van der Waals surface area contributed by atoms with Gasteiger partial charge in [0.2, 0.25) is 0 Å². The number of carbonyl (C=O) groups excluding carboxylic acids is 2. The first-order chi connectivity index (χ1) is 11.4. The molecule has 0 radical (unpaired) electrons. The van der Waals surface area contributed by atoms with Gasteiger partial charge in [-0.3, -0.25) is 0 Å². The van der Waals surface area contributed by atoms with Crippen LogP contribution in [0, 0.1) is 34.4 Å². The summed E-state index contributed by atoms with van der Waals surface area (Å²) in [5, 5.41) is 20.9. The summed E-state index contributed by atoms with van der Waals surface area (Å²) in [5.41, 5.74) is 0.344. The van der Waals surface area contributed by atoms with Crippen LogP contribution < -0.4 is 5.32 Å². The van der Waals surface area contributed by atoms with Gasteiger partial charge < -0.3 is 5.32 Å². The Morgan fingerprint density at radius 2 is 2.17 bits per heavy atom. The summed E-state index contributed by atoms with van der Waals surface area (Å²) in [7, 11) is 0. The number of imide groups is 1. The van der Waals surface area contributed by atoms with E-state index in [4.69, 9.17) is 5.26 Å². The van der Waals surface area contributed by atoms with Crippen LogP contribution in [0.25, 0.3) is 0 Å². The summed E-state index contributed by atoms with van der Waals surface area (Å²) in [4.78, 5) is 29.0. The van der Waals surface area contributed by atoms with Crippen LogP contribution in [-0.4, -0.2) is 29.2 Å². The third-order valence-electron chi connectivity index (χ3n) is 3.66. The average Bonchev–Trinajstić information content (AvgIpc) is 2.54. The number of aliphatic imine (C=N–C) groups is 1. The molecule has 2 unspecified atom stereocenters. The van der Waals surface area contributed by atoms with Crippen LogP contribution in [0.15, 0.2) is 23.2 Å². The molecular formula is C16H14FN5O2. The number of nitrogens with zero attached hydrogens (tertiary/aromatic N) is 4. The predicted molar refractivity (Wildman–Crippen MR) is 82.4 cm³/mol. The van der Waals surface area contributed by atoms with Crippen molar-refractivity contribution in [3.8, 4) is 12.1 Å². The monoisotopic (exact) mass is 327 g/mol. The zero-order valence-electron chi connectivity index (χ0n) is 13.1. The molecule has 1 aliphatic heterocycles. The normalized spacial score (nSPS) is 20.0. The van der Waals surface area contributed by atoms with Gasteiger partial charge in [0.25, 0.3) is 0 Å². The molecule has 8 heteroatoms. The highest BCUT2D eigenvalue weighted by Crippen LogP contribution is 2.34. The van der Waals surface area contributed by atoms with Crippen molar-refractivity contribution in [2.75, 3.05) is 6.54 Å². The summed E-state index contributed by atoms with van der Waals surface area (Å²) >= 11 is 0. The van der Waals surface area contributed by atoms with Crippen molar-refractivity contribution in [1.29, 1.82) is 10.5 Å². The van der Waals surface area contributed by atoms with Gasteiger partial charge in [0.05, 0.1) is 17.7 Å². The van der Waals surface area contributed by atoms with Crippen LogP contribution in [0.2, 0.25) is 0 Å². The van der Waals surface area contributed by atoms with E-state index >= 15 is 0 Å². The van der Waals surface area contributed by atoms with Crippen LogP contribution >= 0.6 is 0 Å². The van der Waals surface area contributed by atoms with Crippen molar-refractivity contribution >= 4 is 17.8 Å². The summed E-state index contributed by atoms with van der Waals surface area (Å²) in [5.74, 6) is -1.60. The zero-order chi connectivity index (χ0) is 17.9. The first-order valence-corrected chi connectivity index (χ1v) is 7.20. The van der Waals surface area contributed by atoms with Crippen LogP contribution in [0.4, 0.5) is 14.0 Å². The molecule has 0 bridgehead atoms. The number of halogens is 1. The van der Waals surface area contributed by atoms with Gasteiger partial charge in [-0.15, -0.1) is 0 Å². The van der Waals surface area contributed by atoms with E-state index in [1.807, 2.05) is 6.07 Å². The first-order valence-electron chi connectivity index (χ1n) is 7.20. The van der Waals surface area contributed by atoms with E-state index < -0.39 is 29.8 Å². The Labute approximate surface area is 138 Å². The SMILES string of the molecule is CCNC(=O)N1C(=O)N=C(C)C(C#N)C1c1ccc(F)c(C#N)c1. The van der Waals surface area contributed by atoms with E-state index in [9.17, 15) is 19.2 Å². The average molecular weight is 327 g/mol. The Balaban J connectivity index is 2.61. The van der Waals surface area contributed by atoms with Gasteiger partial charge in [0.15, 0.2) is 0 Å². The van der Waals surface area contributed by atoms with Crippen molar-refractivity contribution in [2.45, 2.75) is 19.9 Å². The molecule has 2 rings (SSSR count). The number of hydrogen-bond donors (Lipinski definition) is 1. The van der Waals surface area contributed by atoms with E-state index in [0.717, 1.165) is 11.0 Å². The molecule has 24 heavy (non-hydrogen) atoms. The van der Waals surface area contributed by atoms with Gasteiger partial charge in [0.1, 0.15) is 17.8 Å². The summed E-state index contributed by atoms with van der Waals surface area (Å²) in [6.07, 6.45) is 0. The second-order valence-corrected chi connectivity index (χ2v) is 5.14. The molecule has 0 saturated heterocycles. The van der Waals surface area contributed by atoms with Gasteiger partial charge in [-0.1, -0.05) is 6.07 Å². The second kappa shape index (κ2) is 6.88. The maximum atomic E-state index is 13.6. The minimum absolute atomic E-state index is 0.229. The quantitative estimate of drug-likeness (QED) is 0.899. The lowest BCUT2D eigenvalue weighted by Gasteiger charge is -2.35. The molecule has 0 fully saturated rings. The number of nitriles is 2. The Morgan fingerprint density at radius 3 is 2.75 bits per heavy atom. The number of carbonyl (C=O) groups is 2. The molecule has 0 aliphatic carbocycles. The maximum Gasteiger partial charge on any atom is 0.352 e. The van der Waals surface area contributed by atoms with Gasteiger partial charge in [-0.05, 0) is 31.5 Å². The van der Waals surface area contributed by atoms with Crippen molar-refractivity contribution < 1.29 is 14.0 Å². The molecule has 1 aromatic carbocycles. The molecule has 2 atom stereocenters. The van der Waals surface area contributed by atoms with Gasteiger partial charge in [0, 0.05) is 12.3 Å². The number of hydrogen-bond acceptors (Lipinski definition) is 4. The van der Waals surface area contributed by atoms with Crippen LogP contribution in [0.3, 0.4) is 0 Å². The Bertz CT molecular complexity index is 806. The molecule has 1 N–H and O–H groups in total. The number of benzene rings is 1. The van der Waals surface area contributed by atoms with Crippen LogP contribution in [0.1, 0.15) is 31.0 Å². The van der Waals surface area contributed by atoms with E-state index in [2.05, 4.69) is 10.3 Å². The van der Waals surface area contributed by atoms with Gasteiger partial charge >= 0.3 is 12.1 Å². The van der Waals surface area contributed by atoms with Crippen molar-refractivity contribution in [3.05, 3.63) is 35.1 Å². The number of nitrogens with one attached hydrogen (secondary N) is 1. The van der Waals surface area contributed by atoms with Crippen molar-refractivity contribution in [2.24, 2.45) is 10.9 Å². The van der Waals surface area contributed by atoms with Crippen LogP contribution in [0.5, 0.6) is 0 Å². The Hall–Kier alpha value is -3.26. The Kier molecular flexibility index (Phi) is 4.90. The molecule has 0 aromatic heterocycles. The van der Waals surface area contributed by atoms with Crippen molar-refractivity contribution in [1.82, 2.24) is 10.2 Å². The topological polar surface area (TPSA) is 109 Å². The van der Waals surface area contributed by atoms with E-state index in [-0.39, 0.29) is 17.8 Å². The lowest BCUT2D eigenvalue weighted by molar-refractivity contribution is 0.167. The zero-order valence-corrected chi connectivity index (χ0v) is 13.1. The number of rotatable bonds is 2. The van der Waals surface area contributed by atoms with Gasteiger partial charge in [-0.25, -0.2) is 23.9 Å². The molecule has 1 heterocycles. The molecule has 1 aliphatic rings. The number of amides is 4. The molecule has 7 nitrogen and oxygen atoms in total. The molecule has 1 aromatic rings. The highest BCUT2D eigenvalue weighted by atomic mass is 19.1. The lowest BCUT2D eigenvalue weighted by Crippen LogP contribution is -2.50. The minimum atomic E-state index is -0.987. The molecular weight excluding hydrogens is 313 g/mol. The molecule has 4 amide bonds. The Morgan fingerprint density at radius 1 is 1.46 bits per heavy atom. The highest BCUT2D eigenvalue weighted by Gasteiger charge is 2.42. The van der Waals surface area contributed by atoms with Crippen molar-refractivity contribution in [3.63, 3.8) is 0 Å². The fourth-order valence-corrected chi connectivity index (χ4v) is 2.54. The second-order valence-electron chi connectivity index (χ2n) is 5.14. The first kappa shape index (κ1) is 17.1. The fourth-order valence-electron chi connectivity index (χ4n) is 2.54. The predicted octanol–water partition coefficient (Wildman–Crippen LogP) is 2.50. The standard InChI is InChI=1S/C16H14FN5O2/c1-3-20-15(23)22-14(12(8-19)9(2)21-16(22)24)10-4-5-13(17)11(6-10)7-18/h4-6,12,14H,3H2,1-2H3,(H,20,23). The summed E-state index contributed by atoms with van der Waals surface area (Å²) < 4.78 is 13.6. The molecule has 0 spiro atoms. The fraction of sp³-hybridized carbons (Fsp3) is 0.312. The number of urea groups is 2. The summed E-state index contributed by atoms with van der Waals surface area (Å²) in [6.45, 7) is 3.48. The third kappa shape index (κ3) is 2.95. The third-order valence-corrected chi connectivity index (χ3v) is 3.66. The maximum absolute atomic E-state index is 13.6. The minimum Gasteiger partial charge on any atom is -0.338 e. The smallest absolute Gasteiger partial charge is 0.338 e. The molecule has 122 valence electrons. The van der Waals surface area contributed by atoms with E-state index in [0.29, 0.717) is 5.56 Å². The summed E-state index contributed by atoms with van der Waals surface area (Å²) in [6, 6.07) is 4.89. The highest BCUT2D eigenvalue weighted by molar-refractivity contribution is 6.05. The largest absolute Gasteiger partial charge is 0.352 e. The lowest BCUT2D eigenvalue weighted by atomic mass is 9.87. The van der Waals surface area contributed by atoms with Gasteiger partial charge in [-0.2, -0.15) is 10.5 Å².